The maximum absolute atomic E-state index is 9.10. The summed E-state index contributed by atoms with van der Waals surface area (Å²) >= 11 is 0. The molecular weight excluding hydrogens is 224 g/mol. The molecule has 1 aromatic carbocycles. The number of benzene rings is 1. The number of hydrogen-bond donors (Lipinski definition) is 4. The predicted molar refractivity (Wildman–Crippen MR) is 63.4 cm³/mol. The van der Waals surface area contributed by atoms with Gasteiger partial charge in [-0.2, -0.15) is 0 Å². The van der Waals surface area contributed by atoms with Crippen molar-refractivity contribution < 1.29 is 19.8 Å². The van der Waals surface area contributed by atoms with Gasteiger partial charge in [0.15, 0.2) is 0 Å². The first-order valence-corrected chi connectivity index (χ1v) is 4.64. The Balaban J connectivity index is 0.000000366. The Morgan fingerprint density at radius 2 is 1.71 bits per heavy atom. The Morgan fingerprint density at radius 3 is 2.00 bits per heavy atom. The van der Waals surface area contributed by atoms with Gasteiger partial charge < -0.3 is 15.6 Å². The standard InChI is InChI=1S/C9H12N2.C2H2O4/c1-2-3-8-4-6-9(11-10)7-5-8;3-1(4)2(5)6/h2,4-7,11H,1,3,10H2;(H,3,4)(H,5,6). The molecule has 0 atom stereocenters. The van der Waals surface area contributed by atoms with Gasteiger partial charge in [-0.05, 0) is 24.1 Å². The lowest BCUT2D eigenvalue weighted by Gasteiger charge is -1.99. The normalized spacial score (nSPS) is 8.53. The first kappa shape index (κ1) is 14.7. The lowest BCUT2D eigenvalue weighted by Crippen LogP contribution is -2.09. The minimum Gasteiger partial charge on any atom is -0.473 e. The molecule has 0 radical (unpaired) electrons. The van der Waals surface area contributed by atoms with E-state index < -0.39 is 11.9 Å². The van der Waals surface area contributed by atoms with Crippen LogP contribution < -0.4 is 11.3 Å². The molecule has 0 amide bonds. The molecular formula is C11H14N2O4. The molecule has 5 N–H and O–H groups in total. The van der Waals surface area contributed by atoms with Crippen LogP contribution in [0.25, 0.3) is 0 Å². The van der Waals surface area contributed by atoms with Crippen molar-refractivity contribution in [2.45, 2.75) is 6.42 Å². The molecule has 0 aliphatic rings. The number of carboxylic acid groups (broad SMARTS) is 2. The number of hydrogen-bond acceptors (Lipinski definition) is 4. The summed E-state index contributed by atoms with van der Waals surface area (Å²) in [6.07, 6.45) is 2.79. The Bertz CT molecular complexity index is 375. The van der Waals surface area contributed by atoms with Crippen LogP contribution in [0.2, 0.25) is 0 Å². The van der Waals surface area contributed by atoms with Gasteiger partial charge in [0.25, 0.3) is 0 Å². The average molecular weight is 238 g/mol. The fourth-order valence-electron chi connectivity index (χ4n) is 0.904. The van der Waals surface area contributed by atoms with E-state index in [0.717, 1.165) is 12.1 Å². The quantitative estimate of drug-likeness (QED) is 0.269. The van der Waals surface area contributed by atoms with Gasteiger partial charge in [0.05, 0.1) is 0 Å². The van der Waals surface area contributed by atoms with Crippen molar-refractivity contribution in [3.8, 4) is 0 Å². The van der Waals surface area contributed by atoms with Crippen LogP contribution >= 0.6 is 0 Å². The largest absolute Gasteiger partial charge is 0.473 e. The zero-order valence-electron chi connectivity index (χ0n) is 9.09. The summed E-state index contributed by atoms with van der Waals surface area (Å²) in [5.74, 6) is 1.56. The highest BCUT2D eigenvalue weighted by Gasteiger charge is 2.04. The fraction of sp³-hybridized carbons (Fsp3) is 0.0909. The molecule has 6 heteroatoms. The van der Waals surface area contributed by atoms with Gasteiger partial charge in [0.1, 0.15) is 0 Å². The minimum absolute atomic E-state index is 0.908. The van der Waals surface area contributed by atoms with Gasteiger partial charge in [0, 0.05) is 5.69 Å². The predicted octanol–water partition coefficient (Wildman–Crippen LogP) is 0.856. The molecule has 0 saturated heterocycles. The third-order valence-electron chi connectivity index (χ3n) is 1.68. The molecule has 0 unspecified atom stereocenters. The summed E-state index contributed by atoms with van der Waals surface area (Å²) in [6.45, 7) is 3.66. The number of carboxylic acids is 2. The van der Waals surface area contributed by atoms with E-state index in [9.17, 15) is 0 Å². The van der Waals surface area contributed by atoms with E-state index in [1.807, 2.05) is 30.3 Å². The monoisotopic (exact) mass is 238 g/mol. The second-order valence-corrected chi connectivity index (χ2v) is 2.94. The molecule has 6 nitrogen and oxygen atoms in total. The van der Waals surface area contributed by atoms with E-state index in [-0.39, 0.29) is 0 Å². The molecule has 0 aromatic heterocycles. The molecule has 17 heavy (non-hydrogen) atoms. The van der Waals surface area contributed by atoms with Crippen molar-refractivity contribution >= 4 is 17.6 Å². The van der Waals surface area contributed by atoms with Crippen LogP contribution in [0, 0.1) is 0 Å². The second-order valence-electron chi connectivity index (χ2n) is 2.94. The molecule has 1 rings (SSSR count). The number of nitrogens with one attached hydrogen (secondary N) is 1. The Labute approximate surface area is 98.3 Å². The molecule has 0 bridgehead atoms. The molecule has 0 saturated carbocycles. The van der Waals surface area contributed by atoms with Crippen LogP contribution in [0.15, 0.2) is 36.9 Å². The summed E-state index contributed by atoms with van der Waals surface area (Å²) in [6, 6.07) is 7.94. The molecule has 0 aliphatic carbocycles. The number of anilines is 1. The number of aliphatic carboxylic acids is 2. The van der Waals surface area contributed by atoms with Crippen molar-refractivity contribution in [2.24, 2.45) is 5.84 Å². The molecule has 0 heterocycles. The van der Waals surface area contributed by atoms with Crippen LogP contribution in [0.4, 0.5) is 5.69 Å². The van der Waals surface area contributed by atoms with Crippen molar-refractivity contribution in [3.05, 3.63) is 42.5 Å². The SMILES string of the molecule is C=CCc1ccc(NN)cc1.O=C(O)C(=O)O. The second kappa shape index (κ2) is 7.89. The Morgan fingerprint density at radius 1 is 1.24 bits per heavy atom. The van der Waals surface area contributed by atoms with Crippen LogP contribution in [0.5, 0.6) is 0 Å². The average Bonchev–Trinajstić information content (AvgIpc) is 2.31. The summed E-state index contributed by atoms with van der Waals surface area (Å²) in [5.41, 5.74) is 4.75. The topological polar surface area (TPSA) is 113 Å². The number of allylic oxidation sites excluding steroid dienone is 1. The van der Waals surface area contributed by atoms with Gasteiger partial charge in [0.2, 0.25) is 0 Å². The summed E-state index contributed by atoms with van der Waals surface area (Å²) in [4.78, 5) is 18.2. The van der Waals surface area contributed by atoms with E-state index in [1.165, 1.54) is 5.56 Å². The number of hydrazine groups is 1. The fourth-order valence-corrected chi connectivity index (χ4v) is 0.904. The van der Waals surface area contributed by atoms with Gasteiger partial charge >= 0.3 is 11.9 Å². The van der Waals surface area contributed by atoms with E-state index >= 15 is 0 Å². The summed E-state index contributed by atoms with van der Waals surface area (Å²) in [5, 5.41) is 14.8. The Kier molecular flexibility index (Phi) is 6.80. The van der Waals surface area contributed by atoms with Crippen LogP contribution in [-0.4, -0.2) is 22.2 Å². The highest BCUT2D eigenvalue weighted by atomic mass is 16.4. The summed E-state index contributed by atoms with van der Waals surface area (Å²) in [7, 11) is 0. The number of rotatable bonds is 3. The zero-order chi connectivity index (χ0) is 13.3. The smallest absolute Gasteiger partial charge is 0.414 e. The lowest BCUT2D eigenvalue weighted by atomic mass is 10.1. The van der Waals surface area contributed by atoms with Crippen LogP contribution in [0.1, 0.15) is 5.56 Å². The first-order valence-electron chi connectivity index (χ1n) is 4.64. The van der Waals surface area contributed by atoms with Gasteiger partial charge in [-0.15, -0.1) is 6.58 Å². The van der Waals surface area contributed by atoms with Gasteiger partial charge in [-0.25, -0.2) is 9.59 Å². The van der Waals surface area contributed by atoms with E-state index in [1.54, 1.807) is 0 Å². The van der Waals surface area contributed by atoms with E-state index in [0.29, 0.717) is 0 Å². The van der Waals surface area contributed by atoms with Gasteiger partial charge in [-0.1, -0.05) is 18.2 Å². The molecule has 0 aliphatic heterocycles. The molecule has 0 fully saturated rings. The highest BCUT2D eigenvalue weighted by Crippen LogP contribution is 2.08. The lowest BCUT2D eigenvalue weighted by molar-refractivity contribution is -0.159. The number of carbonyl (C=O) groups is 2. The maximum Gasteiger partial charge on any atom is 0.414 e. The third-order valence-corrected chi connectivity index (χ3v) is 1.68. The first-order chi connectivity index (χ1) is 8.01. The van der Waals surface area contributed by atoms with E-state index in [2.05, 4.69) is 12.0 Å². The molecule has 0 spiro atoms. The van der Waals surface area contributed by atoms with Crippen LogP contribution in [0.3, 0.4) is 0 Å². The molecule has 92 valence electrons. The number of nitrogen functional groups attached to an aromatic ring is 1. The molecule has 1 aromatic rings. The van der Waals surface area contributed by atoms with Crippen LogP contribution in [-0.2, 0) is 16.0 Å². The van der Waals surface area contributed by atoms with Crippen molar-refractivity contribution in [1.82, 2.24) is 0 Å². The zero-order valence-corrected chi connectivity index (χ0v) is 9.09. The third kappa shape index (κ3) is 6.69. The van der Waals surface area contributed by atoms with Crippen molar-refractivity contribution in [3.63, 3.8) is 0 Å². The maximum atomic E-state index is 9.10. The van der Waals surface area contributed by atoms with E-state index in [4.69, 9.17) is 25.6 Å². The number of nitrogens with two attached hydrogens (primary N) is 1. The van der Waals surface area contributed by atoms with Crippen molar-refractivity contribution in [1.29, 1.82) is 0 Å². The minimum atomic E-state index is -1.82. The highest BCUT2D eigenvalue weighted by molar-refractivity contribution is 6.27. The van der Waals surface area contributed by atoms with Gasteiger partial charge in [-0.3, -0.25) is 5.84 Å². The van der Waals surface area contributed by atoms with Crippen molar-refractivity contribution in [2.75, 3.05) is 5.43 Å². The Hall–Kier alpha value is -2.34. The summed E-state index contributed by atoms with van der Waals surface area (Å²) < 4.78 is 0.